The number of nitrogens with zero attached hydrogens (tertiary/aromatic N) is 3. The Bertz CT molecular complexity index is 586. The lowest BCUT2D eigenvalue weighted by molar-refractivity contribution is -0.142. The molecular formula is C15H17N3O2. The molecule has 2 heterocycles. The van der Waals surface area contributed by atoms with Crippen molar-refractivity contribution in [3.05, 3.63) is 42.7 Å². The molecule has 0 spiro atoms. The van der Waals surface area contributed by atoms with Gasteiger partial charge in [0.2, 0.25) is 0 Å². The number of para-hydroxylation sites is 1. The molecule has 5 nitrogen and oxygen atoms in total. The Morgan fingerprint density at radius 2 is 1.85 bits per heavy atom. The van der Waals surface area contributed by atoms with E-state index < -0.39 is 5.97 Å². The zero-order valence-electron chi connectivity index (χ0n) is 11.1. The fourth-order valence-corrected chi connectivity index (χ4v) is 2.58. The van der Waals surface area contributed by atoms with Gasteiger partial charge in [0, 0.05) is 13.1 Å². The number of carbonyl (C=O) groups is 1. The van der Waals surface area contributed by atoms with Crippen LogP contribution in [0, 0.1) is 5.92 Å². The lowest BCUT2D eigenvalue weighted by atomic mass is 9.97. The summed E-state index contributed by atoms with van der Waals surface area (Å²) in [5, 5.41) is 13.4. The molecular weight excluding hydrogens is 254 g/mol. The van der Waals surface area contributed by atoms with Crippen LogP contribution in [0.4, 0.5) is 5.69 Å². The van der Waals surface area contributed by atoms with E-state index in [-0.39, 0.29) is 5.92 Å². The van der Waals surface area contributed by atoms with Gasteiger partial charge in [0.1, 0.15) is 0 Å². The van der Waals surface area contributed by atoms with Crippen LogP contribution in [0.2, 0.25) is 0 Å². The first kappa shape index (κ1) is 12.7. The first-order valence-electron chi connectivity index (χ1n) is 6.82. The molecule has 1 aliphatic heterocycles. The summed E-state index contributed by atoms with van der Waals surface area (Å²) in [6, 6.07) is 9.95. The zero-order chi connectivity index (χ0) is 13.9. The van der Waals surface area contributed by atoms with E-state index in [0.29, 0.717) is 12.8 Å². The van der Waals surface area contributed by atoms with Gasteiger partial charge in [-0.2, -0.15) is 5.10 Å². The molecule has 20 heavy (non-hydrogen) atoms. The number of hydrogen-bond acceptors (Lipinski definition) is 3. The van der Waals surface area contributed by atoms with Gasteiger partial charge in [-0.25, -0.2) is 4.68 Å². The number of rotatable bonds is 3. The predicted molar refractivity (Wildman–Crippen MR) is 76.1 cm³/mol. The standard InChI is InChI=1S/C15H17N3O2/c19-15(20)12-6-8-17(9-7-12)14-10-16-18(11-14)13-4-2-1-3-5-13/h1-5,10-12H,6-9H2,(H,19,20). The number of piperidine rings is 1. The van der Waals surface area contributed by atoms with Gasteiger partial charge in [0.25, 0.3) is 0 Å². The summed E-state index contributed by atoms with van der Waals surface area (Å²) in [6.45, 7) is 1.55. The Morgan fingerprint density at radius 1 is 1.15 bits per heavy atom. The van der Waals surface area contributed by atoms with Gasteiger partial charge in [-0.1, -0.05) is 18.2 Å². The molecule has 1 fully saturated rings. The topological polar surface area (TPSA) is 58.4 Å². The fraction of sp³-hybridized carbons (Fsp3) is 0.333. The molecule has 0 amide bonds. The summed E-state index contributed by atoms with van der Waals surface area (Å²) in [7, 11) is 0. The van der Waals surface area contributed by atoms with E-state index >= 15 is 0 Å². The van der Waals surface area contributed by atoms with Crippen molar-refractivity contribution in [1.82, 2.24) is 9.78 Å². The van der Waals surface area contributed by atoms with Gasteiger partial charge in [-0.3, -0.25) is 4.79 Å². The first-order valence-corrected chi connectivity index (χ1v) is 6.82. The Hall–Kier alpha value is -2.30. The van der Waals surface area contributed by atoms with Gasteiger partial charge in [-0.15, -0.1) is 0 Å². The summed E-state index contributed by atoms with van der Waals surface area (Å²) in [6.07, 6.45) is 5.24. The minimum absolute atomic E-state index is 0.199. The molecule has 5 heteroatoms. The maximum atomic E-state index is 11.0. The van der Waals surface area contributed by atoms with Crippen molar-refractivity contribution < 1.29 is 9.90 Å². The third kappa shape index (κ3) is 2.52. The quantitative estimate of drug-likeness (QED) is 0.929. The van der Waals surface area contributed by atoms with Crippen LogP contribution in [0.15, 0.2) is 42.7 Å². The molecule has 3 rings (SSSR count). The maximum Gasteiger partial charge on any atom is 0.306 e. The second-order valence-corrected chi connectivity index (χ2v) is 5.08. The number of aromatic nitrogens is 2. The lowest BCUT2D eigenvalue weighted by Crippen LogP contribution is -2.36. The number of aliphatic carboxylic acids is 1. The van der Waals surface area contributed by atoms with Crippen molar-refractivity contribution in [3.63, 3.8) is 0 Å². The maximum absolute atomic E-state index is 11.0. The second kappa shape index (κ2) is 5.36. The van der Waals surface area contributed by atoms with E-state index in [0.717, 1.165) is 24.5 Å². The van der Waals surface area contributed by atoms with E-state index in [9.17, 15) is 4.79 Å². The van der Waals surface area contributed by atoms with Crippen LogP contribution in [0.25, 0.3) is 5.69 Å². The molecule has 104 valence electrons. The van der Waals surface area contributed by atoms with E-state index in [1.165, 1.54) is 0 Å². The van der Waals surface area contributed by atoms with E-state index in [1.807, 2.05) is 47.4 Å². The first-order chi connectivity index (χ1) is 9.74. The van der Waals surface area contributed by atoms with Crippen molar-refractivity contribution in [2.75, 3.05) is 18.0 Å². The van der Waals surface area contributed by atoms with Crippen LogP contribution in [0.5, 0.6) is 0 Å². The molecule has 2 aromatic rings. The minimum atomic E-state index is -0.676. The van der Waals surface area contributed by atoms with Gasteiger partial charge in [-0.05, 0) is 25.0 Å². The molecule has 1 saturated heterocycles. The number of hydrogen-bond donors (Lipinski definition) is 1. The lowest BCUT2D eigenvalue weighted by Gasteiger charge is -2.30. The highest BCUT2D eigenvalue weighted by Crippen LogP contribution is 2.23. The van der Waals surface area contributed by atoms with Gasteiger partial charge >= 0.3 is 5.97 Å². The highest BCUT2D eigenvalue weighted by atomic mass is 16.4. The SMILES string of the molecule is O=C(O)C1CCN(c2cnn(-c3ccccc3)c2)CC1. The molecule has 0 unspecified atom stereocenters. The summed E-state index contributed by atoms with van der Waals surface area (Å²) < 4.78 is 1.85. The Balaban J connectivity index is 1.71. The van der Waals surface area contributed by atoms with E-state index in [2.05, 4.69) is 10.00 Å². The van der Waals surface area contributed by atoms with Crippen LogP contribution in [0.1, 0.15) is 12.8 Å². The van der Waals surface area contributed by atoms with Crippen LogP contribution in [-0.4, -0.2) is 33.9 Å². The molecule has 0 saturated carbocycles. The van der Waals surface area contributed by atoms with E-state index in [1.54, 1.807) is 0 Å². The summed E-state index contributed by atoms with van der Waals surface area (Å²) >= 11 is 0. The van der Waals surface area contributed by atoms with Crippen molar-refractivity contribution in [2.45, 2.75) is 12.8 Å². The predicted octanol–water partition coefficient (Wildman–Crippen LogP) is 2.17. The Morgan fingerprint density at radius 3 is 2.50 bits per heavy atom. The summed E-state index contributed by atoms with van der Waals surface area (Å²) in [5.41, 5.74) is 2.08. The van der Waals surface area contributed by atoms with Crippen molar-refractivity contribution >= 4 is 11.7 Å². The van der Waals surface area contributed by atoms with Gasteiger partial charge in [0.05, 0.1) is 29.7 Å². The smallest absolute Gasteiger partial charge is 0.306 e. The number of carboxylic acids is 1. The molecule has 1 aromatic heterocycles. The fourth-order valence-electron chi connectivity index (χ4n) is 2.58. The average molecular weight is 271 g/mol. The molecule has 0 aliphatic carbocycles. The van der Waals surface area contributed by atoms with E-state index in [4.69, 9.17) is 5.11 Å². The second-order valence-electron chi connectivity index (χ2n) is 5.08. The van der Waals surface area contributed by atoms with Crippen LogP contribution < -0.4 is 4.90 Å². The number of carboxylic acid groups (broad SMARTS) is 1. The number of benzene rings is 1. The Kier molecular flexibility index (Phi) is 3.41. The average Bonchev–Trinajstić information content (AvgIpc) is 2.98. The van der Waals surface area contributed by atoms with Crippen LogP contribution in [0.3, 0.4) is 0 Å². The Labute approximate surface area is 117 Å². The largest absolute Gasteiger partial charge is 0.481 e. The summed E-state index contributed by atoms with van der Waals surface area (Å²) in [5.74, 6) is -0.875. The van der Waals surface area contributed by atoms with Crippen molar-refractivity contribution in [1.29, 1.82) is 0 Å². The monoisotopic (exact) mass is 271 g/mol. The molecule has 0 bridgehead atoms. The molecule has 1 aromatic carbocycles. The highest BCUT2D eigenvalue weighted by molar-refractivity contribution is 5.70. The molecule has 1 N–H and O–H groups in total. The van der Waals surface area contributed by atoms with Crippen molar-refractivity contribution in [3.8, 4) is 5.69 Å². The minimum Gasteiger partial charge on any atom is -0.481 e. The molecule has 0 atom stereocenters. The third-order valence-corrected chi connectivity index (χ3v) is 3.80. The van der Waals surface area contributed by atoms with Crippen LogP contribution in [-0.2, 0) is 4.79 Å². The van der Waals surface area contributed by atoms with Crippen molar-refractivity contribution in [2.24, 2.45) is 5.92 Å². The highest BCUT2D eigenvalue weighted by Gasteiger charge is 2.25. The van der Waals surface area contributed by atoms with Gasteiger partial charge < -0.3 is 10.0 Å². The third-order valence-electron chi connectivity index (χ3n) is 3.80. The molecule has 0 radical (unpaired) electrons. The number of anilines is 1. The normalized spacial score (nSPS) is 16.3. The van der Waals surface area contributed by atoms with Crippen LogP contribution >= 0.6 is 0 Å². The van der Waals surface area contributed by atoms with Gasteiger partial charge in [0.15, 0.2) is 0 Å². The summed E-state index contributed by atoms with van der Waals surface area (Å²) in [4.78, 5) is 13.2. The molecule has 1 aliphatic rings. The zero-order valence-corrected chi connectivity index (χ0v) is 11.1.